The predicted molar refractivity (Wildman–Crippen MR) is 62.4 cm³/mol. The lowest BCUT2D eigenvalue weighted by molar-refractivity contribution is 0.0934. The van der Waals surface area contributed by atoms with Crippen LogP contribution in [0.1, 0.15) is 13.8 Å². The van der Waals surface area contributed by atoms with Crippen molar-refractivity contribution < 1.29 is 9.53 Å². The second kappa shape index (κ2) is 3.83. The van der Waals surface area contributed by atoms with Crippen LogP contribution in [-0.4, -0.2) is 66.5 Å². The molecule has 2 unspecified atom stereocenters. The largest absolute Gasteiger partial charge is 0.345 e. The minimum atomic E-state index is -0.234. The molecule has 2 atom stereocenters. The summed E-state index contributed by atoms with van der Waals surface area (Å²) >= 11 is 0. The molecule has 0 saturated carbocycles. The molecular weight excluding hydrogens is 220 g/mol. The number of ether oxygens (including phenoxy) is 1. The highest BCUT2D eigenvalue weighted by molar-refractivity contribution is 5.77. The van der Waals surface area contributed by atoms with Crippen molar-refractivity contribution in [1.82, 2.24) is 20.4 Å². The van der Waals surface area contributed by atoms with E-state index in [1.54, 1.807) is 4.90 Å². The summed E-state index contributed by atoms with van der Waals surface area (Å²) in [6, 6.07) is -0.00715. The number of carbonyl (C=O) groups is 1. The Labute approximate surface area is 101 Å². The molecule has 17 heavy (non-hydrogen) atoms. The average molecular weight is 240 g/mol. The monoisotopic (exact) mass is 240 g/mol. The topological polar surface area (TPSA) is 60.1 Å². The molecule has 2 N–H and O–H groups in total. The van der Waals surface area contributed by atoms with Gasteiger partial charge in [-0.25, -0.2) is 4.79 Å². The van der Waals surface area contributed by atoms with Gasteiger partial charge in [-0.1, -0.05) is 0 Å². The number of piperazine rings is 1. The van der Waals surface area contributed by atoms with E-state index in [9.17, 15) is 4.79 Å². The zero-order valence-corrected chi connectivity index (χ0v) is 10.4. The molecule has 0 aromatic rings. The van der Waals surface area contributed by atoms with Crippen LogP contribution in [0.4, 0.5) is 4.79 Å². The number of hydrogen-bond acceptors (Lipinski definition) is 4. The van der Waals surface area contributed by atoms with Crippen molar-refractivity contribution in [3.8, 4) is 0 Å². The normalized spacial score (nSPS) is 36.4. The molecule has 0 radical (unpaired) electrons. The van der Waals surface area contributed by atoms with Gasteiger partial charge in [-0.05, 0) is 13.8 Å². The van der Waals surface area contributed by atoms with Crippen LogP contribution in [0.3, 0.4) is 0 Å². The van der Waals surface area contributed by atoms with Gasteiger partial charge in [0, 0.05) is 26.2 Å². The average Bonchev–Trinajstić information content (AvgIpc) is 3.06. The number of nitrogens with one attached hydrogen (secondary N) is 2. The standard InChI is InChI=1S/C11H20N4O2/c1-11(2)8-9(17-8)15(10(16)13-11)7-14-5-3-12-4-6-14/h8-9,12H,3-7H2,1-2H3,(H,13,16). The molecule has 3 saturated heterocycles. The lowest BCUT2D eigenvalue weighted by atomic mass is 9.98. The van der Waals surface area contributed by atoms with Gasteiger partial charge >= 0.3 is 6.03 Å². The lowest BCUT2D eigenvalue weighted by Gasteiger charge is -2.37. The van der Waals surface area contributed by atoms with Gasteiger partial charge in [0.25, 0.3) is 0 Å². The Morgan fingerprint density at radius 3 is 2.82 bits per heavy atom. The molecule has 3 aliphatic heterocycles. The van der Waals surface area contributed by atoms with Crippen LogP contribution in [0.2, 0.25) is 0 Å². The fourth-order valence-corrected chi connectivity index (χ4v) is 2.62. The summed E-state index contributed by atoms with van der Waals surface area (Å²) in [5.41, 5.74) is -0.234. The van der Waals surface area contributed by atoms with E-state index in [1.165, 1.54) is 0 Å². The maximum atomic E-state index is 12.0. The quantitative estimate of drug-likeness (QED) is 0.631. The third-order valence-electron chi connectivity index (χ3n) is 3.74. The maximum absolute atomic E-state index is 12.0. The number of hydrogen-bond donors (Lipinski definition) is 2. The van der Waals surface area contributed by atoms with Crippen molar-refractivity contribution in [2.45, 2.75) is 31.7 Å². The van der Waals surface area contributed by atoms with E-state index in [0.717, 1.165) is 26.2 Å². The van der Waals surface area contributed by atoms with Crippen LogP contribution < -0.4 is 10.6 Å². The first-order valence-corrected chi connectivity index (χ1v) is 6.25. The summed E-state index contributed by atoms with van der Waals surface area (Å²) < 4.78 is 5.62. The van der Waals surface area contributed by atoms with Crippen molar-refractivity contribution in [3.63, 3.8) is 0 Å². The van der Waals surface area contributed by atoms with Crippen LogP contribution in [0.25, 0.3) is 0 Å². The summed E-state index contributed by atoms with van der Waals surface area (Å²) in [5, 5.41) is 6.31. The second-order valence-electron chi connectivity index (χ2n) is 5.58. The van der Waals surface area contributed by atoms with Crippen LogP contribution in [0.15, 0.2) is 0 Å². The lowest BCUT2D eigenvalue weighted by Crippen LogP contribution is -2.62. The number of amides is 2. The fourth-order valence-electron chi connectivity index (χ4n) is 2.62. The summed E-state index contributed by atoms with van der Waals surface area (Å²) in [5.74, 6) is 0. The molecule has 0 aliphatic carbocycles. The number of fused-ring (bicyclic) bond motifs is 1. The Bertz CT molecular complexity index is 327. The smallest absolute Gasteiger partial charge is 0.321 e. The number of nitrogens with zero attached hydrogens (tertiary/aromatic N) is 2. The molecule has 0 spiro atoms. The maximum Gasteiger partial charge on any atom is 0.321 e. The van der Waals surface area contributed by atoms with Crippen LogP contribution >= 0.6 is 0 Å². The van der Waals surface area contributed by atoms with Crippen molar-refractivity contribution in [2.75, 3.05) is 32.8 Å². The summed E-state index contributed by atoms with van der Waals surface area (Å²) in [6.45, 7) is 8.67. The summed E-state index contributed by atoms with van der Waals surface area (Å²) in [4.78, 5) is 16.1. The minimum absolute atomic E-state index is 0.00715. The SMILES string of the molecule is CC1(C)NC(=O)N(CN2CCNCC2)C2OC21. The number of carbonyl (C=O) groups excluding carboxylic acids is 1. The molecule has 2 amide bonds. The first-order valence-electron chi connectivity index (χ1n) is 6.25. The first kappa shape index (κ1) is 11.3. The molecule has 0 aromatic heterocycles. The van der Waals surface area contributed by atoms with Crippen molar-refractivity contribution in [2.24, 2.45) is 0 Å². The Morgan fingerprint density at radius 1 is 1.41 bits per heavy atom. The van der Waals surface area contributed by atoms with Gasteiger partial charge in [-0.15, -0.1) is 0 Å². The molecule has 0 aromatic carbocycles. The van der Waals surface area contributed by atoms with Gasteiger partial charge in [0.05, 0.1) is 12.2 Å². The second-order valence-corrected chi connectivity index (χ2v) is 5.58. The van der Waals surface area contributed by atoms with E-state index in [2.05, 4.69) is 15.5 Å². The van der Waals surface area contributed by atoms with E-state index in [1.807, 2.05) is 13.8 Å². The van der Waals surface area contributed by atoms with Crippen molar-refractivity contribution >= 4 is 6.03 Å². The highest BCUT2D eigenvalue weighted by Gasteiger charge is 2.59. The van der Waals surface area contributed by atoms with E-state index in [-0.39, 0.29) is 23.9 Å². The van der Waals surface area contributed by atoms with E-state index < -0.39 is 0 Å². The fraction of sp³-hybridized carbons (Fsp3) is 0.909. The third kappa shape index (κ3) is 2.00. The number of urea groups is 1. The summed E-state index contributed by atoms with van der Waals surface area (Å²) in [7, 11) is 0. The Kier molecular flexibility index (Phi) is 2.53. The van der Waals surface area contributed by atoms with Crippen LogP contribution in [0, 0.1) is 0 Å². The van der Waals surface area contributed by atoms with Crippen LogP contribution in [0.5, 0.6) is 0 Å². The van der Waals surface area contributed by atoms with Gasteiger partial charge in [-0.2, -0.15) is 0 Å². The van der Waals surface area contributed by atoms with Crippen LogP contribution in [-0.2, 0) is 4.74 Å². The van der Waals surface area contributed by atoms with Gasteiger partial charge in [-0.3, -0.25) is 9.80 Å². The molecular formula is C11H20N4O2. The Balaban J connectivity index is 1.63. The van der Waals surface area contributed by atoms with E-state index in [4.69, 9.17) is 4.74 Å². The zero-order valence-electron chi connectivity index (χ0n) is 10.4. The van der Waals surface area contributed by atoms with E-state index in [0.29, 0.717) is 6.67 Å². The van der Waals surface area contributed by atoms with Gasteiger partial charge in [0.2, 0.25) is 0 Å². The third-order valence-corrected chi connectivity index (χ3v) is 3.74. The molecule has 6 nitrogen and oxygen atoms in total. The zero-order chi connectivity index (χ0) is 12.0. The predicted octanol–water partition coefficient (Wildman–Crippen LogP) is -0.622. The Hall–Kier alpha value is -0.850. The van der Waals surface area contributed by atoms with Gasteiger partial charge in [0.15, 0.2) is 6.23 Å². The molecule has 3 rings (SSSR count). The Morgan fingerprint density at radius 2 is 2.12 bits per heavy atom. The molecule has 0 bridgehead atoms. The van der Waals surface area contributed by atoms with Crippen molar-refractivity contribution in [3.05, 3.63) is 0 Å². The summed E-state index contributed by atoms with van der Waals surface area (Å²) in [6.07, 6.45) is 0.122. The van der Waals surface area contributed by atoms with Crippen molar-refractivity contribution in [1.29, 1.82) is 0 Å². The van der Waals surface area contributed by atoms with E-state index >= 15 is 0 Å². The molecule has 6 heteroatoms. The number of rotatable bonds is 2. The highest BCUT2D eigenvalue weighted by atomic mass is 16.6. The molecule has 96 valence electrons. The molecule has 3 heterocycles. The highest BCUT2D eigenvalue weighted by Crippen LogP contribution is 2.38. The number of epoxide rings is 1. The van der Waals surface area contributed by atoms with Gasteiger partial charge in [0.1, 0.15) is 6.10 Å². The molecule has 3 fully saturated rings. The van der Waals surface area contributed by atoms with Gasteiger partial charge < -0.3 is 15.4 Å². The first-order chi connectivity index (χ1) is 8.08. The molecule has 3 aliphatic rings. The minimum Gasteiger partial charge on any atom is -0.345 e.